The second-order valence-corrected chi connectivity index (χ2v) is 9.23. The third kappa shape index (κ3) is 5.12. The van der Waals surface area contributed by atoms with E-state index in [0.29, 0.717) is 47.3 Å². The first kappa shape index (κ1) is 23.1. The number of thioether (sulfide) groups is 1. The van der Waals surface area contributed by atoms with Gasteiger partial charge in [-0.1, -0.05) is 17.8 Å². The van der Waals surface area contributed by atoms with Crippen LogP contribution in [0, 0.1) is 6.92 Å². The van der Waals surface area contributed by atoms with Crippen LogP contribution in [0.4, 0.5) is 5.69 Å². The number of nitrogens with zero attached hydrogens (tertiary/aromatic N) is 4. The molecule has 33 heavy (non-hydrogen) atoms. The van der Waals surface area contributed by atoms with Gasteiger partial charge in [-0.3, -0.25) is 18.8 Å². The third-order valence-electron chi connectivity index (χ3n) is 4.96. The van der Waals surface area contributed by atoms with E-state index in [9.17, 15) is 9.59 Å². The number of carbonyl (C=O) groups is 1. The summed E-state index contributed by atoms with van der Waals surface area (Å²) in [5.74, 6) is 0.696. The summed E-state index contributed by atoms with van der Waals surface area (Å²) in [6.07, 6.45) is 0. The number of amides is 1. The Kier molecular flexibility index (Phi) is 7.14. The summed E-state index contributed by atoms with van der Waals surface area (Å²) >= 11 is 2.82. The maximum absolute atomic E-state index is 13.4. The van der Waals surface area contributed by atoms with Gasteiger partial charge in [0, 0.05) is 17.1 Å². The number of anilines is 1. The monoisotopic (exact) mass is 483 g/mol. The van der Waals surface area contributed by atoms with E-state index >= 15 is 0 Å². The van der Waals surface area contributed by atoms with Crippen LogP contribution in [0.1, 0.15) is 24.4 Å². The van der Waals surface area contributed by atoms with Crippen LogP contribution < -0.4 is 15.6 Å². The first-order valence-corrected chi connectivity index (χ1v) is 12.5. The Hall–Kier alpha value is -3.11. The highest BCUT2D eigenvalue weighted by molar-refractivity contribution is 7.99. The fraction of sp³-hybridized carbons (Fsp3) is 0.304. The number of rotatable bonds is 9. The van der Waals surface area contributed by atoms with Gasteiger partial charge < -0.3 is 10.1 Å². The standard InChI is InChI=1S/C23H25N5O3S2/c1-4-28-21-20(15(3)26-28)25-23(27(22(21)30)13-18-7-6-12-32-18)33-14-19(29)24-16-8-10-17(11-9-16)31-5-2/h6-12H,4-5,13-14H2,1-3H3,(H,24,29). The first-order valence-electron chi connectivity index (χ1n) is 10.7. The Balaban J connectivity index is 1.58. The highest BCUT2D eigenvalue weighted by atomic mass is 32.2. The fourth-order valence-electron chi connectivity index (χ4n) is 3.45. The first-order chi connectivity index (χ1) is 16.0. The van der Waals surface area contributed by atoms with Gasteiger partial charge >= 0.3 is 0 Å². The molecule has 0 fully saturated rings. The SMILES string of the molecule is CCOc1ccc(NC(=O)CSc2nc3c(C)nn(CC)c3c(=O)n2Cc2cccs2)cc1. The lowest BCUT2D eigenvalue weighted by Gasteiger charge is -2.12. The molecule has 0 aliphatic heterocycles. The van der Waals surface area contributed by atoms with Crippen LogP contribution in [0.2, 0.25) is 0 Å². The molecular formula is C23H25N5O3S2. The molecule has 0 saturated heterocycles. The Bertz CT molecular complexity index is 1310. The molecule has 0 unspecified atom stereocenters. The zero-order valence-corrected chi connectivity index (χ0v) is 20.3. The van der Waals surface area contributed by atoms with Gasteiger partial charge in [0.2, 0.25) is 5.91 Å². The van der Waals surface area contributed by atoms with Gasteiger partial charge in [-0.15, -0.1) is 11.3 Å². The van der Waals surface area contributed by atoms with Crippen molar-refractivity contribution in [3.05, 3.63) is 62.7 Å². The van der Waals surface area contributed by atoms with Gasteiger partial charge in [-0.05, 0) is 56.5 Å². The van der Waals surface area contributed by atoms with Crippen LogP contribution in [0.25, 0.3) is 11.0 Å². The minimum atomic E-state index is -0.179. The predicted molar refractivity (Wildman–Crippen MR) is 133 cm³/mol. The van der Waals surface area contributed by atoms with Crippen molar-refractivity contribution < 1.29 is 9.53 Å². The van der Waals surface area contributed by atoms with Crippen LogP contribution in [0.3, 0.4) is 0 Å². The number of nitrogens with one attached hydrogen (secondary N) is 1. The van der Waals surface area contributed by atoms with Gasteiger partial charge in [0.05, 0.1) is 24.6 Å². The fourth-order valence-corrected chi connectivity index (χ4v) is 4.94. The summed E-state index contributed by atoms with van der Waals surface area (Å²) < 4.78 is 8.76. The van der Waals surface area contributed by atoms with E-state index in [1.54, 1.807) is 32.7 Å². The molecule has 0 bridgehead atoms. The van der Waals surface area contributed by atoms with E-state index in [4.69, 9.17) is 9.72 Å². The van der Waals surface area contributed by atoms with Crippen molar-refractivity contribution in [2.45, 2.75) is 39.0 Å². The number of benzene rings is 1. The lowest BCUT2D eigenvalue weighted by atomic mass is 10.3. The molecule has 172 valence electrons. The lowest BCUT2D eigenvalue weighted by molar-refractivity contribution is -0.113. The maximum Gasteiger partial charge on any atom is 0.280 e. The summed E-state index contributed by atoms with van der Waals surface area (Å²) in [5, 5.41) is 9.82. The molecule has 1 N–H and O–H groups in total. The van der Waals surface area contributed by atoms with E-state index in [1.807, 2.05) is 50.4 Å². The highest BCUT2D eigenvalue weighted by Gasteiger charge is 2.19. The molecule has 3 heterocycles. The molecule has 3 aromatic heterocycles. The van der Waals surface area contributed by atoms with E-state index in [1.165, 1.54) is 11.8 Å². The maximum atomic E-state index is 13.4. The molecule has 8 nitrogen and oxygen atoms in total. The van der Waals surface area contributed by atoms with Crippen molar-refractivity contribution in [2.24, 2.45) is 0 Å². The zero-order chi connectivity index (χ0) is 23.4. The topological polar surface area (TPSA) is 91.0 Å². The molecule has 4 rings (SSSR count). The number of thiophene rings is 1. The molecule has 0 atom stereocenters. The zero-order valence-electron chi connectivity index (χ0n) is 18.7. The van der Waals surface area contributed by atoms with Crippen molar-refractivity contribution >= 4 is 45.7 Å². The third-order valence-corrected chi connectivity index (χ3v) is 6.79. The van der Waals surface area contributed by atoms with Crippen LogP contribution in [-0.4, -0.2) is 37.6 Å². The molecule has 4 aromatic rings. The average molecular weight is 484 g/mol. The minimum Gasteiger partial charge on any atom is -0.494 e. The second kappa shape index (κ2) is 10.2. The van der Waals surface area contributed by atoms with Crippen molar-refractivity contribution in [2.75, 3.05) is 17.7 Å². The molecule has 10 heteroatoms. The smallest absolute Gasteiger partial charge is 0.280 e. The largest absolute Gasteiger partial charge is 0.494 e. The van der Waals surface area contributed by atoms with E-state index in [-0.39, 0.29) is 17.2 Å². The Morgan fingerprint density at radius 2 is 2.00 bits per heavy atom. The summed E-state index contributed by atoms with van der Waals surface area (Å²) in [5.41, 5.74) is 2.31. The van der Waals surface area contributed by atoms with Gasteiger partial charge in [-0.2, -0.15) is 5.10 Å². The number of carbonyl (C=O) groups excluding carboxylic acids is 1. The molecule has 0 saturated carbocycles. The lowest BCUT2D eigenvalue weighted by Crippen LogP contribution is -2.26. The van der Waals surface area contributed by atoms with Crippen LogP contribution >= 0.6 is 23.1 Å². The number of hydrogen-bond donors (Lipinski definition) is 1. The molecule has 0 spiro atoms. The number of aryl methyl sites for hydroxylation is 2. The summed E-state index contributed by atoms with van der Waals surface area (Å²) in [7, 11) is 0. The molecule has 1 aromatic carbocycles. The number of ether oxygens (including phenoxy) is 1. The minimum absolute atomic E-state index is 0.122. The van der Waals surface area contributed by atoms with Crippen LogP contribution in [0.5, 0.6) is 5.75 Å². The Morgan fingerprint density at radius 1 is 1.21 bits per heavy atom. The van der Waals surface area contributed by atoms with Gasteiger partial charge in [0.25, 0.3) is 5.56 Å². The normalized spacial score (nSPS) is 11.1. The Morgan fingerprint density at radius 3 is 2.67 bits per heavy atom. The average Bonchev–Trinajstić information content (AvgIpc) is 3.43. The quantitative estimate of drug-likeness (QED) is 0.284. The highest BCUT2D eigenvalue weighted by Crippen LogP contribution is 2.23. The van der Waals surface area contributed by atoms with E-state index in [2.05, 4.69) is 10.4 Å². The van der Waals surface area contributed by atoms with Crippen molar-refractivity contribution in [3.63, 3.8) is 0 Å². The van der Waals surface area contributed by atoms with Crippen molar-refractivity contribution in [1.29, 1.82) is 0 Å². The molecule has 0 aliphatic carbocycles. The van der Waals surface area contributed by atoms with Crippen LogP contribution in [0.15, 0.2) is 51.7 Å². The number of aromatic nitrogens is 4. The van der Waals surface area contributed by atoms with Gasteiger partial charge in [0.1, 0.15) is 11.3 Å². The van der Waals surface area contributed by atoms with Crippen LogP contribution in [-0.2, 0) is 17.9 Å². The molecule has 0 radical (unpaired) electrons. The molecule has 1 amide bonds. The van der Waals surface area contributed by atoms with E-state index in [0.717, 1.165) is 10.6 Å². The molecular weight excluding hydrogens is 458 g/mol. The second-order valence-electron chi connectivity index (χ2n) is 7.26. The van der Waals surface area contributed by atoms with E-state index < -0.39 is 0 Å². The number of fused-ring (bicyclic) bond motifs is 1. The number of hydrogen-bond acceptors (Lipinski definition) is 7. The summed E-state index contributed by atoms with van der Waals surface area (Å²) in [4.78, 5) is 31.8. The molecule has 0 aliphatic rings. The van der Waals surface area contributed by atoms with Crippen molar-refractivity contribution in [3.8, 4) is 5.75 Å². The summed E-state index contributed by atoms with van der Waals surface area (Å²) in [6.45, 7) is 7.28. The van der Waals surface area contributed by atoms with Crippen molar-refractivity contribution in [1.82, 2.24) is 19.3 Å². The van der Waals surface area contributed by atoms with Gasteiger partial charge in [-0.25, -0.2) is 4.98 Å². The summed E-state index contributed by atoms with van der Waals surface area (Å²) in [6, 6.07) is 11.2. The van der Waals surface area contributed by atoms with Gasteiger partial charge in [0.15, 0.2) is 10.7 Å². The Labute approximate surface area is 199 Å². The predicted octanol–water partition coefficient (Wildman–Crippen LogP) is 4.16.